The Balaban J connectivity index is 2.09. The van der Waals surface area contributed by atoms with Gasteiger partial charge >= 0.3 is 0 Å². The van der Waals surface area contributed by atoms with E-state index in [-0.39, 0.29) is 5.91 Å². The Morgan fingerprint density at radius 1 is 1.08 bits per heavy atom. The summed E-state index contributed by atoms with van der Waals surface area (Å²) in [6.07, 6.45) is 0. The highest BCUT2D eigenvalue weighted by Gasteiger charge is 2.13. The maximum absolute atomic E-state index is 12.4. The minimum Gasteiger partial charge on any atom is -0.494 e. The zero-order chi connectivity index (χ0) is 16.9. The van der Waals surface area contributed by atoms with Crippen LogP contribution in [-0.4, -0.2) is 24.0 Å². The summed E-state index contributed by atoms with van der Waals surface area (Å²) in [7, 11) is 0. The predicted molar refractivity (Wildman–Crippen MR) is 96.4 cm³/mol. The summed E-state index contributed by atoms with van der Waals surface area (Å²) >= 11 is 0. The molecule has 0 fully saturated rings. The average Bonchev–Trinajstić information content (AvgIpc) is 2.62. The average molecular weight is 320 g/mol. The lowest BCUT2D eigenvalue weighted by atomic mass is 10.0. The summed E-state index contributed by atoms with van der Waals surface area (Å²) in [5, 5.41) is 3.73. The van der Waals surface area contributed by atoms with E-state index in [1.165, 1.54) is 0 Å². The van der Waals surface area contributed by atoms with E-state index < -0.39 is 0 Å². The Bertz CT molecular complexity index is 857. The van der Waals surface area contributed by atoms with Gasteiger partial charge in [-0.1, -0.05) is 18.2 Å². The van der Waals surface area contributed by atoms with Gasteiger partial charge in [0.1, 0.15) is 5.75 Å². The highest BCUT2D eigenvalue weighted by molar-refractivity contribution is 6.07. The number of hydrogen-bond acceptors (Lipinski definition) is 3. The van der Waals surface area contributed by atoms with Crippen LogP contribution in [0.2, 0.25) is 0 Å². The molecule has 0 aliphatic rings. The van der Waals surface area contributed by atoms with Crippen LogP contribution >= 0.6 is 0 Å². The van der Waals surface area contributed by atoms with Gasteiger partial charge in [0.15, 0.2) is 0 Å². The van der Waals surface area contributed by atoms with Gasteiger partial charge in [-0.15, -0.1) is 0 Å². The Kier molecular flexibility index (Phi) is 4.75. The molecule has 0 spiro atoms. The molecular weight excluding hydrogens is 300 g/mol. The van der Waals surface area contributed by atoms with Crippen LogP contribution in [0, 0.1) is 0 Å². The van der Waals surface area contributed by atoms with E-state index in [0.29, 0.717) is 18.7 Å². The van der Waals surface area contributed by atoms with Crippen molar-refractivity contribution >= 4 is 16.8 Å². The number of aromatic nitrogens is 1. The summed E-state index contributed by atoms with van der Waals surface area (Å²) in [5.41, 5.74) is 3.18. The van der Waals surface area contributed by atoms with Crippen molar-refractivity contribution in [1.29, 1.82) is 0 Å². The molecule has 3 aromatic rings. The number of nitrogens with one attached hydrogen (secondary N) is 1. The number of ether oxygens (including phenoxy) is 1. The molecule has 4 heteroatoms. The van der Waals surface area contributed by atoms with Crippen molar-refractivity contribution in [2.75, 3.05) is 13.2 Å². The number of carbonyl (C=O) groups excluding carboxylic acids is 1. The van der Waals surface area contributed by atoms with Crippen LogP contribution in [0.5, 0.6) is 5.75 Å². The Hall–Kier alpha value is -2.88. The van der Waals surface area contributed by atoms with Gasteiger partial charge in [0.05, 0.1) is 23.4 Å². The molecule has 2 aromatic carbocycles. The number of benzene rings is 2. The van der Waals surface area contributed by atoms with Crippen LogP contribution in [-0.2, 0) is 0 Å². The first-order valence-corrected chi connectivity index (χ1v) is 8.14. The summed E-state index contributed by atoms with van der Waals surface area (Å²) in [5.74, 6) is 0.745. The SMILES string of the molecule is CCNC(=O)c1cc(-c2ccc(OCC)cc2)nc2ccccc12. The molecule has 122 valence electrons. The number of carbonyl (C=O) groups is 1. The van der Waals surface area contributed by atoms with Crippen molar-refractivity contribution in [2.24, 2.45) is 0 Å². The zero-order valence-corrected chi connectivity index (χ0v) is 13.9. The first-order valence-electron chi connectivity index (χ1n) is 8.14. The molecule has 0 unspecified atom stereocenters. The van der Waals surface area contributed by atoms with Crippen LogP contribution in [0.15, 0.2) is 54.6 Å². The largest absolute Gasteiger partial charge is 0.494 e. The predicted octanol–water partition coefficient (Wildman–Crippen LogP) is 4.05. The first-order chi connectivity index (χ1) is 11.7. The lowest BCUT2D eigenvalue weighted by molar-refractivity contribution is 0.0957. The minimum atomic E-state index is -0.0803. The quantitative estimate of drug-likeness (QED) is 0.771. The van der Waals surface area contributed by atoms with Crippen LogP contribution in [0.3, 0.4) is 0 Å². The second-order valence-corrected chi connectivity index (χ2v) is 5.39. The monoisotopic (exact) mass is 320 g/mol. The number of amides is 1. The number of rotatable bonds is 5. The molecule has 24 heavy (non-hydrogen) atoms. The maximum Gasteiger partial charge on any atom is 0.252 e. The summed E-state index contributed by atoms with van der Waals surface area (Å²) < 4.78 is 5.48. The van der Waals surface area contributed by atoms with E-state index in [0.717, 1.165) is 27.9 Å². The van der Waals surface area contributed by atoms with E-state index in [1.54, 1.807) is 0 Å². The molecule has 0 saturated carbocycles. The topological polar surface area (TPSA) is 51.2 Å². The van der Waals surface area contributed by atoms with Crippen LogP contribution < -0.4 is 10.1 Å². The molecule has 0 saturated heterocycles. The fourth-order valence-electron chi connectivity index (χ4n) is 2.66. The molecule has 1 aromatic heterocycles. The summed E-state index contributed by atoms with van der Waals surface area (Å²) in [6.45, 7) is 5.09. The Morgan fingerprint density at radius 3 is 2.54 bits per heavy atom. The highest BCUT2D eigenvalue weighted by atomic mass is 16.5. The van der Waals surface area contributed by atoms with Gasteiger partial charge in [-0.3, -0.25) is 4.79 Å². The molecule has 3 rings (SSSR count). The van der Waals surface area contributed by atoms with Crippen molar-refractivity contribution in [3.8, 4) is 17.0 Å². The molecule has 0 radical (unpaired) electrons. The highest BCUT2D eigenvalue weighted by Crippen LogP contribution is 2.26. The van der Waals surface area contributed by atoms with Crippen LogP contribution in [0.25, 0.3) is 22.2 Å². The normalized spacial score (nSPS) is 10.6. The molecule has 1 N–H and O–H groups in total. The van der Waals surface area contributed by atoms with Gasteiger partial charge in [0.25, 0.3) is 5.91 Å². The van der Waals surface area contributed by atoms with E-state index in [1.807, 2.05) is 68.4 Å². The number of nitrogens with zero attached hydrogens (tertiary/aromatic N) is 1. The third-order valence-corrected chi connectivity index (χ3v) is 3.76. The fraction of sp³-hybridized carbons (Fsp3) is 0.200. The van der Waals surface area contributed by atoms with Crippen molar-refractivity contribution in [1.82, 2.24) is 10.3 Å². The number of pyridine rings is 1. The van der Waals surface area contributed by atoms with Gasteiger partial charge < -0.3 is 10.1 Å². The van der Waals surface area contributed by atoms with Crippen LogP contribution in [0.4, 0.5) is 0 Å². The standard InChI is InChI=1S/C20H20N2O2/c1-3-21-20(23)17-13-19(22-18-8-6-5-7-16(17)18)14-9-11-15(12-10-14)24-4-2/h5-13H,3-4H2,1-2H3,(H,21,23). The summed E-state index contributed by atoms with van der Waals surface area (Å²) in [4.78, 5) is 17.1. The molecule has 0 aliphatic heterocycles. The van der Waals surface area contributed by atoms with Crippen molar-refractivity contribution < 1.29 is 9.53 Å². The van der Waals surface area contributed by atoms with Crippen LogP contribution in [0.1, 0.15) is 24.2 Å². The molecule has 0 bridgehead atoms. The van der Waals surface area contributed by atoms with Crippen molar-refractivity contribution in [3.05, 3.63) is 60.2 Å². The second-order valence-electron chi connectivity index (χ2n) is 5.39. The molecule has 1 amide bonds. The number of para-hydroxylation sites is 1. The van der Waals surface area contributed by atoms with Crippen molar-refractivity contribution in [3.63, 3.8) is 0 Å². The van der Waals surface area contributed by atoms with E-state index in [9.17, 15) is 4.79 Å². The third kappa shape index (κ3) is 3.23. The Labute approximate surface area is 141 Å². The molecule has 4 nitrogen and oxygen atoms in total. The molecule has 0 atom stereocenters. The second kappa shape index (κ2) is 7.13. The minimum absolute atomic E-state index is 0.0803. The zero-order valence-electron chi connectivity index (χ0n) is 13.9. The van der Waals surface area contributed by atoms with Gasteiger partial charge in [0, 0.05) is 17.5 Å². The third-order valence-electron chi connectivity index (χ3n) is 3.76. The maximum atomic E-state index is 12.4. The van der Waals surface area contributed by atoms with Gasteiger partial charge in [-0.2, -0.15) is 0 Å². The molecule has 0 aliphatic carbocycles. The van der Waals surface area contributed by atoms with Gasteiger partial charge in [-0.25, -0.2) is 4.98 Å². The lowest BCUT2D eigenvalue weighted by Gasteiger charge is -2.10. The first kappa shape index (κ1) is 16.0. The van der Waals surface area contributed by atoms with E-state index >= 15 is 0 Å². The van der Waals surface area contributed by atoms with E-state index in [2.05, 4.69) is 5.32 Å². The lowest BCUT2D eigenvalue weighted by Crippen LogP contribution is -2.23. The molecular formula is C20H20N2O2. The van der Waals surface area contributed by atoms with Gasteiger partial charge in [-0.05, 0) is 50.2 Å². The van der Waals surface area contributed by atoms with E-state index in [4.69, 9.17) is 9.72 Å². The number of hydrogen-bond donors (Lipinski definition) is 1. The molecule has 1 heterocycles. The number of fused-ring (bicyclic) bond motifs is 1. The Morgan fingerprint density at radius 2 is 1.83 bits per heavy atom. The summed E-state index contributed by atoms with van der Waals surface area (Å²) in [6, 6.07) is 17.3. The smallest absolute Gasteiger partial charge is 0.252 e. The van der Waals surface area contributed by atoms with Gasteiger partial charge in [0.2, 0.25) is 0 Å². The van der Waals surface area contributed by atoms with Crippen molar-refractivity contribution in [2.45, 2.75) is 13.8 Å². The fourth-order valence-corrected chi connectivity index (χ4v) is 2.66.